The summed E-state index contributed by atoms with van der Waals surface area (Å²) in [5.74, 6) is -7.25. The van der Waals surface area contributed by atoms with E-state index in [0.29, 0.717) is 5.56 Å². The summed E-state index contributed by atoms with van der Waals surface area (Å²) in [4.78, 5) is 12.7. The number of anilines is 1. The van der Waals surface area contributed by atoms with Gasteiger partial charge in [-0.3, -0.25) is 0 Å². The Bertz CT molecular complexity index is 1790. The number of fused-ring (bicyclic) bond motifs is 1. The Kier molecular flexibility index (Phi) is 4.61. The van der Waals surface area contributed by atoms with Gasteiger partial charge in [0.15, 0.2) is 6.29 Å². The molecule has 2 aromatic carbocycles. The first-order chi connectivity index (χ1) is 24.3. The fraction of sp³-hybridized carbons (Fsp3) is 0.519. The van der Waals surface area contributed by atoms with Crippen molar-refractivity contribution in [1.82, 2.24) is 9.62 Å². The van der Waals surface area contributed by atoms with Gasteiger partial charge in [0.2, 0.25) is 10.0 Å². The van der Waals surface area contributed by atoms with Gasteiger partial charge < -0.3 is 30.4 Å². The van der Waals surface area contributed by atoms with E-state index in [4.69, 9.17) is 41.9 Å². The molecular weight excluding hydrogens is 510 g/mol. The predicted molar refractivity (Wildman–Crippen MR) is 142 cm³/mol. The molecule has 0 bridgehead atoms. The number of sulfonamides is 1. The highest BCUT2D eigenvalue weighted by molar-refractivity contribution is 7.89. The van der Waals surface area contributed by atoms with E-state index < -0.39 is 110 Å². The van der Waals surface area contributed by atoms with E-state index in [1.54, 1.807) is 6.07 Å². The van der Waals surface area contributed by atoms with Crippen molar-refractivity contribution in [3.63, 3.8) is 0 Å². The molecule has 1 amide bonds. The smallest absolute Gasteiger partial charge is 0.407 e. The second-order valence-corrected chi connectivity index (χ2v) is 10.1. The van der Waals surface area contributed by atoms with Gasteiger partial charge in [-0.25, -0.2) is 13.2 Å². The van der Waals surface area contributed by atoms with Gasteiger partial charge in [-0.15, -0.1) is 0 Å². The third kappa shape index (κ3) is 7.03. The van der Waals surface area contributed by atoms with E-state index in [1.807, 2.05) is 0 Å². The molecule has 0 aromatic heterocycles. The van der Waals surface area contributed by atoms with E-state index in [1.165, 1.54) is 24.3 Å². The molecule has 0 aliphatic carbocycles. The largest absolute Gasteiger partial charge is 0.443 e. The number of alkyl carbamates (subject to hydrolysis) is 1. The molecule has 4 N–H and O–H groups in total. The fourth-order valence-corrected chi connectivity index (χ4v) is 4.95. The maximum Gasteiger partial charge on any atom is 0.407 e. The molecule has 2 aliphatic heterocycles. The van der Waals surface area contributed by atoms with Crippen molar-refractivity contribution in [3.05, 3.63) is 60.2 Å². The van der Waals surface area contributed by atoms with Crippen LogP contribution in [0.25, 0.3) is 0 Å². The van der Waals surface area contributed by atoms with Crippen LogP contribution >= 0.6 is 0 Å². The van der Waals surface area contributed by atoms with Gasteiger partial charge in [0, 0.05) is 35.2 Å². The van der Waals surface area contributed by atoms with Gasteiger partial charge in [-0.05, 0) is 48.5 Å². The molecule has 11 heteroatoms. The number of aliphatic hydroxyl groups excluding tert-OH is 1. The lowest BCUT2D eigenvalue weighted by Gasteiger charge is -2.31. The van der Waals surface area contributed by atoms with Crippen molar-refractivity contribution >= 4 is 21.8 Å². The molecule has 0 spiro atoms. The molecule has 0 saturated carbocycles. The first-order valence-corrected chi connectivity index (χ1v) is 12.7. The van der Waals surface area contributed by atoms with Crippen LogP contribution < -0.4 is 11.1 Å². The maximum absolute atomic E-state index is 14.1. The van der Waals surface area contributed by atoms with Crippen molar-refractivity contribution in [2.45, 2.75) is 55.9 Å². The molecule has 2 aliphatic rings. The second kappa shape index (κ2) is 12.4. The average Bonchev–Trinajstić information content (AvgIpc) is 3.29. The fourth-order valence-electron chi connectivity index (χ4n) is 3.65. The second-order valence-electron chi connectivity index (χ2n) is 8.25. The summed E-state index contributed by atoms with van der Waals surface area (Å²) < 4.78 is 173. The zero-order valence-corrected chi connectivity index (χ0v) is 20.6. The van der Waals surface area contributed by atoms with Crippen molar-refractivity contribution in [2.75, 3.05) is 31.9 Å². The minimum absolute atomic E-state index is 0.0419. The molecule has 0 radical (unpaired) electrons. The number of nitrogens with one attached hydrogen (secondary N) is 1. The zero-order valence-electron chi connectivity index (χ0n) is 35.7. The van der Waals surface area contributed by atoms with Crippen LogP contribution in [-0.4, -0.2) is 74.6 Å². The Morgan fingerprint density at radius 2 is 2.05 bits per heavy atom. The summed E-state index contributed by atoms with van der Waals surface area (Å²) in [6.45, 7) is -20.1. The predicted octanol–water partition coefficient (Wildman–Crippen LogP) is 2.38. The average molecular weight is 564 g/mol. The molecular formula is C27H37N3O7S. The number of hydrogen-bond donors (Lipinski definition) is 3. The van der Waals surface area contributed by atoms with Crippen LogP contribution in [0.2, 0.25) is 0 Å². The maximum atomic E-state index is 14.1. The number of rotatable bonds is 11. The van der Waals surface area contributed by atoms with E-state index in [-0.39, 0.29) is 9.99 Å². The molecule has 4 rings (SSSR count). The summed E-state index contributed by atoms with van der Waals surface area (Å²) in [5, 5.41) is 13.8. The van der Waals surface area contributed by atoms with E-state index in [2.05, 4.69) is 5.32 Å². The number of nitrogens with two attached hydrogens (primary N) is 1. The SMILES string of the molecule is [2H]C1([2H])O[C@H]2OC([2H])([2H])C([2H])([2H])[C@@]2([2H])[C@H]1OC(=O)N[C@@H](Cc1ccccc1)[C@H](O)CN(C([2H])([2H])C([2H])(C([2H])([2H])[2H])C([2H])([2H])[2H])S(=O)(=O)c1ccc(N)cc1. The number of hydrogen-bond acceptors (Lipinski definition) is 8. The topological polar surface area (TPSA) is 140 Å². The highest BCUT2D eigenvalue weighted by Crippen LogP contribution is 2.33. The third-order valence-corrected chi connectivity index (χ3v) is 7.22. The van der Waals surface area contributed by atoms with Crippen molar-refractivity contribution in [2.24, 2.45) is 11.8 Å². The van der Waals surface area contributed by atoms with Gasteiger partial charge in [-0.1, -0.05) is 44.0 Å². The first kappa shape index (κ1) is 14.1. The van der Waals surface area contributed by atoms with Crippen LogP contribution in [0, 0.1) is 11.8 Å². The molecule has 2 heterocycles. The number of ether oxygens (including phenoxy) is 3. The Morgan fingerprint density at radius 3 is 2.76 bits per heavy atom. The molecule has 208 valence electrons. The zero-order chi connectivity index (χ0) is 41.3. The molecule has 38 heavy (non-hydrogen) atoms. The Morgan fingerprint density at radius 1 is 1.32 bits per heavy atom. The summed E-state index contributed by atoms with van der Waals surface area (Å²) in [6.07, 6.45) is -12.6. The Hall–Kier alpha value is -2.70. The highest BCUT2D eigenvalue weighted by Gasteiger charge is 2.44. The number of nitrogen functional groups attached to an aromatic ring is 1. The monoisotopic (exact) mass is 563 g/mol. The minimum Gasteiger partial charge on any atom is -0.443 e. The van der Waals surface area contributed by atoms with Gasteiger partial charge in [-0.2, -0.15) is 4.31 Å². The molecule has 0 unspecified atom stereocenters. The van der Waals surface area contributed by atoms with Crippen molar-refractivity contribution < 1.29 is 54.5 Å². The van der Waals surface area contributed by atoms with Crippen molar-refractivity contribution in [1.29, 1.82) is 0 Å². The third-order valence-electron chi connectivity index (χ3n) is 5.53. The first-order valence-electron chi connectivity index (χ1n) is 19.2. The van der Waals surface area contributed by atoms with Crippen LogP contribution in [0.3, 0.4) is 0 Å². The van der Waals surface area contributed by atoms with Gasteiger partial charge >= 0.3 is 6.09 Å². The summed E-state index contributed by atoms with van der Waals surface area (Å²) >= 11 is 0. The summed E-state index contributed by atoms with van der Waals surface area (Å²) in [7, 11) is -5.39. The standard InChI is InChI=1S/C27H37N3O7S/c1-18(2)15-30(38(33,34)21-10-8-20(28)9-11-21)16-24(31)23(14-19-6-4-3-5-7-19)29-27(32)37-25-17-36-26-22(25)12-13-35-26/h3-11,18,22-26,31H,12-17,28H2,1-2H3,(H,29,32)/t22-,23-,24+,25-,26+/m0/s1/i1D3,2D3,12D2,13D2,15D2,17D2,18D,22D. The lowest BCUT2D eigenvalue weighted by Crippen LogP contribution is -2.51. The molecule has 5 atom stereocenters. The number of nitrogens with zero attached hydrogens (tertiary/aromatic N) is 1. The highest BCUT2D eigenvalue weighted by atomic mass is 32.2. The van der Waals surface area contributed by atoms with E-state index in [9.17, 15) is 18.3 Å². The van der Waals surface area contributed by atoms with Crippen LogP contribution in [0.5, 0.6) is 0 Å². The van der Waals surface area contributed by atoms with Crippen LogP contribution in [-0.2, 0) is 30.7 Å². The molecule has 10 nitrogen and oxygen atoms in total. The number of aliphatic hydroxyl groups is 1. The summed E-state index contributed by atoms with van der Waals surface area (Å²) in [6, 6.07) is 9.71. The number of carbonyl (C=O) groups excluding carboxylic acids is 1. The van der Waals surface area contributed by atoms with Crippen LogP contribution in [0.1, 0.15) is 47.6 Å². The molecule has 2 fully saturated rings. The lowest BCUT2D eigenvalue weighted by molar-refractivity contribution is -0.0907. The molecule has 2 saturated heterocycles. The number of benzene rings is 2. The Labute approximate surface area is 246 Å². The van der Waals surface area contributed by atoms with Gasteiger partial charge in [0.05, 0.1) is 41.5 Å². The number of amides is 1. The Balaban J connectivity index is 1.79. The quantitative estimate of drug-likeness (QED) is 0.354. The lowest BCUT2D eigenvalue weighted by atomic mass is 10.0. The normalized spacial score (nSPS) is 36.3. The van der Waals surface area contributed by atoms with E-state index in [0.717, 1.165) is 24.3 Å². The summed E-state index contributed by atoms with van der Waals surface area (Å²) in [5.41, 5.74) is 6.02. The van der Waals surface area contributed by atoms with Gasteiger partial charge in [0.25, 0.3) is 0 Å². The van der Waals surface area contributed by atoms with Crippen LogP contribution in [0.15, 0.2) is 59.5 Å². The number of carbonyl (C=O) groups is 1. The van der Waals surface area contributed by atoms with Crippen molar-refractivity contribution in [3.8, 4) is 0 Å². The molecule has 2 aromatic rings. The van der Waals surface area contributed by atoms with Crippen LogP contribution in [0.4, 0.5) is 10.5 Å². The van der Waals surface area contributed by atoms with E-state index >= 15 is 0 Å². The van der Waals surface area contributed by atoms with Gasteiger partial charge in [0.1, 0.15) is 6.10 Å². The minimum atomic E-state index is -5.39.